The van der Waals surface area contributed by atoms with Crippen LogP contribution in [0.2, 0.25) is 0 Å². The minimum atomic E-state index is -3.74. The zero-order valence-corrected chi connectivity index (χ0v) is 13.1. The largest absolute Gasteiger partial charge is 0.349 e. The van der Waals surface area contributed by atoms with Crippen molar-refractivity contribution in [3.05, 3.63) is 29.3 Å². The van der Waals surface area contributed by atoms with Gasteiger partial charge in [0.05, 0.1) is 4.90 Å². The number of benzene rings is 1. The quantitative estimate of drug-likeness (QED) is 0.868. The molecule has 3 N–H and O–H groups in total. The Bertz CT molecular complexity index is 594. The van der Waals surface area contributed by atoms with Crippen molar-refractivity contribution < 1.29 is 13.2 Å². The average Bonchev–Trinajstić information content (AvgIpc) is 2.33. The summed E-state index contributed by atoms with van der Waals surface area (Å²) < 4.78 is 22.5. The molecule has 0 radical (unpaired) electrons. The maximum Gasteiger partial charge on any atom is 0.251 e. The van der Waals surface area contributed by atoms with E-state index in [9.17, 15) is 13.2 Å². The Morgan fingerprint density at radius 2 is 1.95 bits per heavy atom. The molecule has 6 heteroatoms. The SMILES string of the molecule is CCC(NC(=O)c1ccc(S(N)(=O)=O)cc1C)C(C)C. The predicted octanol–water partition coefficient (Wildman–Crippen LogP) is 1.81. The highest BCUT2D eigenvalue weighted by molar-refractivity contribution is 7.89. The molecule has 0 spiro atoms. The summed E-state index contributed by atoms with van der Waals surface area (Å²) in [7, 11) is -3.74. The molecule has 1 aromatic carbocycles. The molecule has 1 aromatic rings. The molecule has 5 nitrogen and oxygen atoms in total. The van der Waals surface area contributed by atoms with Gasteiger partial charge in [-0.05, 0) is 43.0 Å². The van der Waals surface area contributed by atoms with Gasteiger partial charge in [-0.3, -0.25) is 4.79 Å². The Labute approximate surface area is 120 Å². The maximum absolute atomic E-state index is 12.2. The van der Waals surface area contributed by atoms with Crippen LogP contribution in [0.25, 0.3) is 0 Å². The molecule has 112 valence electrons. The summed E-state index contributed by atoms with van der Waals surface area (Å²) in [5.41, 5.74) is 1.06. The fraction of sp³-hybridized carbons (Fsp3) is 0.500. The zero-order chi connectivity index (χ0) is 15.5. The summed E-state index contributed by atoms with van der Waals surface area (Å²) >= 11 is 0. The summed E-state index contributed by atoms with van der Waals surface area (Å²) in [6.45, 7) is 7.80. The molecule has 1 unspecified atom stereocenters. The minimum absolute atomic E-state index is 0.0162. The Morgan fingerprint density at radius 1 is 1.35 bits per heavy atom. The van der Waals surface area contributed by atoms with Crippen LogP contribution in [0.5, 0.6) is 0 Å². The third-order valence-corrected chi connectivity index (χ3v) is 4.24. The Morgan fingerprint density at radius 3 is 2.35 bits per heavy atom. The average molecular weight is 298 g/mol. The molecule has 0 heterocycles. The second-order valence-electron chi connectivity index (χ2n) is 5.25. The van der Waals surface area contributed by atoms with E-state index in [1.54, 1.807) is 6.92 Å². The van der Waals surface area contributed by atoms with E-state index in [0.717, 1.165) is 6.42 Å². The molecule has 0 aliphatic heterocycles. The van der Waals surface area contributed by atoms with Crippen molar-refractivity contribution in [2.75, 3.05) is 0 Å². The second-order valence-corrected chi connectivity index (χ2v) is 6.82. The third kappa shape index (κ3) is 4.05. The Hall–Kier alpha value is -1.40. The lowest BCUT2D eigenvalue weighted by atomic mass is 10.0. The van der Waals surface area contributed by atoms with Gasteiger partial charge in [0.15, 0.2) is 0 Å². The first-order valence-electron chi connectivity index (χ1n) is 6.61. The summed E-state index contributed by atoms with van der Waals surface area (Å²) in [6.07, 6.45) is 0.845. The number of hydrogen-bond donors (Lipinski definition) is 2. The van der Waals surface area contributed by atoms with E-state index in [4.69, 9.17) is 5.14 Å². The lowest BCUT2D eigenvalue weighted by Gasteiger charge is -2.21. The predicted molar refractivity (Wildman–Crippen MR) is 78.9 cm³/mol. The number of carbonyl (C=O) groups excluding carboxylic acids is 1. The smallest absolute Gasteiger partial charge is 0.251 e. The van der Waals surface area contributed by atoms with Gasteiger partial charge in [0.1, 0.15) is 0 Å². The van der Waals surface area contributed by atoms with Crippen LogP contribution in [0.4, 0.5) is 0 Å². The number of amides is 1. The van der Waals surface area contributed by atoms with Crippen LogP contribution < -0.4 is 10.5 Å². The summed E-state index contributed by atoms with van der Waals surface area (Å²) in [5.74, 6) is 0.150. The molecular formula is C14H22N2O3S. The molecule has 20 heavy (non-hydrogen) atoms. The molecule has 0 saturated carbocycles. The van der Waals surface area contributed by atoms with Gasteiger partial charge in [0.2, 0.25) is 10.0 Å². The summed E-state index contributed by atoms with van der Waals surface area (Å²) in [6, 6.07) is 4.37. The first-order chi connectivity index (χ1) is 9.16. The number of rotatable bonds is 5. The van der Waals surface area contributed by atoms with Crippen molar-refractivity contribution in [2.24, 2.45) is 11.1 Å². The highest BCUT2D eigenvalue weighted by Crippen LogP contribution is 2.15. The van der Waals surface area contributed by atoms with Crippen LogP contribution in [-0.2, 0) is 10.0 Å². The standard InChI is InChI=1S/C14H22N2O3S/c1-5-13(9(2)3)16-14(17)12-7-6-11(8-10(12)4)20(15,18)19/h6-9,13H,5H2,1-4H3,(H,16,17)(H2,15,18,19). The number of sulfonamides is 1. The first-order valence-corrected chi connectivity index (χ1v) is 8.15. The highest BCUT2D eigenvalue weighted by Gasteiger charge is 2.18. The minimum Gasteiger partial charge on any atom is -0.349 e. The van der Waals surface area contributed by atoms with Crippen molar-refractivity contribution in [3.8, 4) is 0 Å². The lowest BCUT2D eigenvalue weighted by Crippen LogP contribution is -2.38. The molecule has 0 saturated heterocycles. The number of carbonyl (C=O) groups is 1. The van der Waals surface area contributed by atoms with Crippen LogP contribution in [0.15, 0.2) is 23.1 Å². The number of hydrogen-bond acceptors (Lipinski definition) is 3. The van der Waals surface area contributed by atoms with E-state index < -0.39 is 10.0 Å². The zero-order valence-electron chi connectivity index (χ0n) is 12.3. The number of nitrogens with one attached hydrogen (secondary N) is 1. The number of nitrogens with two attached hydrogens (primary N) is 1. The van der Waals surface area contributed by atoms with Crippen LogP contribution >= 0.6 is 0 Å². The first kappa shape index (κ1) is 16.7. The van der Waals surface area contributed by atoms with Gasteiger partial charge in [-0.15, -0.1) is 0 Å². The molecule has 0 aromatic heterocycles. The molecule has 1 atom stereocenters. The van der Waals surface area contributed by atoms with Crippen molar-refractivity contribution in [2.45, 2.75) is 45.1 Å². The van der Waals surface area contributed by atoms with Crippen LogP contribution in [-0.4, -0.2) is 20.4 Å². The molecule has 0 fully saturated rings. The van der Waals surface area contributed by atoms with Crippen molar-refractivity contribution in [3.63, 3.8) is 0 Å². The highest BCUT2D eigenvalue weighted by atomic mass is 32.2. The van der Waals surface area contributed by atoms with Crippen molar-refractivity contribution in [1.29, 1.82) is 0 Å². The van der Waals surface area contributed by atoms with Crippen LogP contribution in [0.3, 0.4) is 0 Å². The summed E-state index contributed by atoms with van der Waals surface area (Å²) in [4.78, 5) is 12.2. The summed E-state index contributed by atoms with van der Waals surface area (Å²) in [5, 5.41) is 8.03. The molecular weight excluding hydrogens is 276 g/mol. The monoisotopic (exact) mass is 298 g/mol. The van der Waals surface area contributed by atoms with E-state index >= 15 is 0 Å². The normalized spacial score (nSPS) is 13.3. The molecule has 0 bridgehead atoms. The van der Waals surface area contributed by atoms with Gasteiger partial charge in [-0.1, -0.05) is 20.8 Å². The maximum atomic E-state index is 12.2. The van der Waals surface area contributed by atoms with Crippen molar-refractivity contribution >= 4 is 15.9 Å². The van der Waals surface area contributed by atoms with Crippen LogP contribution in [0.1, 0.15) is 43.1 Å². The molecule has 1 amide bonds. The topological polar surface area (TPSA) is 89.3 Å². The third-order valence-electron chi connectivity index (χ3n) is 3.33. The van der Waals surface area contributed by atoms with Gasteiger partial charge in [-0.25, -0.2) is 13.6 Å². The fourth-order valence-corrected chi connectivity index (χ4v) is 2.65. The number of aryl methyl sites for hydroxylation is 1. The molecule has 1 rings (SSSR count). The van der Waals surface area contributed by atoms with E-state index in [1.165, 1.54) is 18.2 Å². The van der Waals surface area contributed by atoms with Crippen molar-refractivity contribution in [1.82, 2.24) is 5.32 Å². The number of primary sulfonamides is 1. The van der Waals surface area contributed by atoms with Gasteiger partial charge in [0, 0.05) is 11.6 Å². The van der Waals surface area contributed by atoms with E-state index in [0.29, 0.717) is 17.0 Å². The van der Waals surface area contributed by atoms with Gasteiger partial charge < -0.3 is 5.32 Å². The lowest BCUT2D eigenvalue weighted by molar-refractivity contribution is 0.0924. The molecule has 0 aliphatic rings. The molecule has 0 aliphatic carbocycles. The van der Waals surface area contributed by atoms with Gasteiger partial charge in [-0.2, -0.15) is 0 Å². The second kappa shape index (κ2) is 6.37. The van der Waals surface area contributed by atoms with Gasteiger partial charge >= 0.3 is 0 Å². The van der Waals surface area contributed by atoms with E-state index in [2.05, 4.69) is 5.32 Å². The van der Waals surface area contributed by atoms with E-state index in [1.807, 2.05) is 20.8 Å². The van der Waals surface area contributed by atoms with Gasteiger partial charge in [0.25, 0.3) is 5.91 Å². The van der Waals surface area contributed by atoms with E-state index in [-0.39, 0.29) is 16.8 Å². The van der Waals surface area contributed by atoms with Crippen LogP contribution in [0, 0.1) is 12.8 Å². The fourth-order valence-electron chi connectivity index (χ4n) is 2.05. The Kier molecular flexibility index (Phi) is 5.30. The Balaban J connectivity index is 3.01.